The average Bonchev–Trinajstić information content (AvgIpc) is 2.62. The minimum atomic E-state index is 0.0708. The minimum absolute atomic E-state index is 0.0708. The zero-order chi connectivity index (χ0) is 11.5. The van der Waals surface area contributed by atoms with Gasteiger partial charge in [0.15, 0.2) is 0 Å². The molecule has 0 atom stereocenters. The number of nitrogens with zero attached hydrogens (tertiary/aromatic N) is 2. The summed E-state index contributed by atoms with van der Waals surface area (Å²) in [5.41, 5.74) is 1.73. The van der Waals surface area contributed by atoms with Crippen LogP contribution in [-0.4, -0.2) is 21.5 Å². The summed E-state index contributed by atoms with van der Waals surface area (Å²) in [5, 5.41) is 13.6. The van der Waals surface area contributed by atoms with Crippen molar-refractivity contribution < 1.29 is 5.11 Å². The van der Waals surface area contributed by atoms with Gasteiger partial charge in [0, 0.05) is 23.1 Å². The van der Waals surface area contributed by atoms with Crippen LogP contribution >= 0.6 is 27.5 Å². The van der Waals surface area contributed by atoms with Crippen LogP contribution in [0.3, 0.4) is 0 Å². The number of aliphatic hydroxyl groups is 1. The Hall–Kier alpha value is -0.840. The number of hydrogen-bond acceptors (Lipinski definition) is 2. The third-order valence-corrected chi connectivity index (χ3v) is 3.32. The van der Waals surface area contributed by atoms with Crippen molar-refractivity contribution in [2.75, 3.05) is 6.61 Å². The number of aromatic nitrogens is 2. The number of halogens is 2. The highest BCUT2D eigenvalue weighted by Gasteiger charge is 2.11. The van der Waals surface area contributed by atoms with E-state index in [0.717, 1.165) is 15.7 Å². The Bertz CT molecular complexity index is 498. The highest BCUT2D eigenvalue weighted by Crippen LogP contribution is 2.25. The molecule has 3 nitrogen and oxygen atoms in total. The van der Waals surface area contributed by atoms with Crippen LogP contribution in [0.25, 0.3) is 5.69 Å². The lowest BCUT2D eigenvalue weighted by molar-refractivity contribution is 0.299. The maximum absolute atomic E-state index is 8.87. The molecule has 2 rings (SSSR count). The molecule has 1 aromatic heterocycles. The third-order valence-electron chi connectivity index (χ3n) is 2.24. The first kappa shape index (κ1) is 11.6. The summed E-state index contributed by atoms with van der Waals surface area (Å²) in [4.78, 5) is 0. The predicted molar refractivity (Wildman–Crippen MR) is 67.1 cm³/mol. The molecule has 0 amide bonds. The molecule has 0 bridgehead atoms. The first-order chi connectivity index (χ1) is 7.74. The normalized spacial score (nSPS) is 10.7. The molecule has 0 saturated carbocycles. The Morgan fingerprint density at radius 1 is 1.38 bits per heavy atom. The highest BCUT2D eigenvalue weighted by molar-refractivity contribution is 9.10. The molecule has 0 saturated heterocycles. The van der Waals surface area contributed by atoms with Crippen LogP contribution in [0.15, 0.2) is 34.9 Å². The Morgan fingerprint density at radius 3 is 2.81 bits per heavy atom. The molecule has 0 fully saturated rings. The van der Waals surface area contributed by atoms with Gasteiger partial charge in [0.2, 0.25) is 0 Å². The zero-order valence-electron chi connectivity index (χ0n) is 8.40. The second-order valence-electron chi connectivity index (χ2n) is 3.30. The van der Waals surface area contributed by atoms with Crippen molar-refractivity contribution in [2.45, 2.75) is 6.42 Å². The fraction of sp³-hybridized carbons (Fsp3) is 0.182. The van der Waals surface area contributed by atoms with Crippen molar-refractivity contribution >= 4 is 27.5 Å². The van der Waals surface area contributed by atoms with Crippen LogP contribution < -0.4 is 0 Å². The van der Waals surface area contributed by atoms with E-state index in [0.29, 0.717) is 11.6 Å². The van der Waals surface area contributed by atoms with Crippen molar-refractivity contribution in [1.82, 2.24) is 9.78 Å². The molecule has 0 spiro atoms. The van der Waals surface area contributed by atoms with Gasteiger partial charge in [-0.2, -0.15) is 5.10 Å². The van der Waals surface area contributed by atoms with Crippen molar-refractivity contribution in [3.63, 3.8) is 0 Å². The van der Waals surface area contributed by atoms with Crippen LogP contribution in [0, 0.1) is 0 Å². The Balaban J connectivity index is 2.45. The summed E-state index contributed by atoms with van der Waals surface area (Å²) in [5.74, 6) is 0. The van der Waals surface area contributed by atoms with Gasteiger partial charge >= 0.3 is 0 Å². The van der Waals surface area contributed by atoms with Gasteiger partial charge in [-0.25, -0.2) is 4.68 Å². The van der Waals surface area contributed by atoms with Gasteiger partial charge in [-0.05, 0) is 28.1 Å². The van der Waals surface area contributed by atoms with E-state index in [1.54, 1.807) is 10.9 Å². The standard InChI is InChI=1S/C11H10BrClN2O/c12-9-3-1-2-4-10(9)15-11(13)8(5-6-16)7-14-15/h1-4,7,16H,5-6H2. The summed E-state index contributed by atoms with van der Waals surface area (Å²) in [6.45, 7) is 0.0708. The third kappa shape index (κ3) is 2.14. The van der Waals surface area contributed by atoms with E-state index in [-0.39, 0.29) is 6.61 Å². The van der Waals surface area contributed by atoms with Gasteiger partial charge in [-0.15, -0.1) is 0 Å². The first-order valence-corrected chi connectivity index (χ1v) is 5.99. The van der Waals surface area contributed by atoms with Crippen LogP contribution in [0.4, 0.5) is 0 Å². The van der Waals surface area contributed by atoms with Gasteiger partial charge in [-0.1, -0.05) is 23.7 Å². The van der Waals surface area contributed by atoms with Crippen molar-refractivity contribution in [1.29, 1.82) is 0 Å². The lowest BCUT2D eigenvalue weighted by atomic mass is 10.3. The topological polar surface area (TPSA) is 38.1 Å². The number of rotatable bonds is 3. The second-order valence-corrected chi connectivity index (χ2v) is 4.51. The summed E-state index contributed by atoms with van der Waals surface area (Å²) >= 11 is 9.62. The van der Waals surface area contributed by atoms with Crippen LogP contribution in [0.1, 0.15) is 5.56 Å². The van der Waals surface area contributed by atoms with E-state index in [1.807, 2.05) is 24.3 Å². The molecule has 0 unspecified atom stereocenters. The van der Waals surface area contributed by atoms with Gasteiger partial charge in [0.25, 0.3) is 0 Å². The van der Waals surface area contributed by atoms with Crippen LogP contribution in [0.2, 0.25) is 5.15 Å². The van der Waals surface area contributed by atoms with E-state index in [4.69, 9.17) is 16.7 Å². The highest BCUT2D eigenvalue weighted by atomic mass is 79.9. The molecule has 1 heterocycles. The zero-order valence-corrected chi connectivity index (χ0v) is 10.7. The Morgan fingerprint density at radius 2 is 2.12 bits per heavy atom. The summed E-state index contributed by atoms with van der Waals surface area (Å²) in [7, 11) is 0. The maximum Gasteiger partial charge on any atom is 0.136 e. The predicted octanol–water partition coefficient (Wildman–Crippen LogP) is 2.82. The molecule has 84 valence electrons. The minimum Gasteiger partial charge on any atom is -0.396 e. The molecular formula is C11H10BrClN2O. The fourth-order valence-corrected chi connectivity index (χ4v) is 2.18. The molecule has 0 aliphatic rings. The number of hydrogen-bond donors (Lipinski definition) is 1. The SMILES string of the molecule is OCCc1cnn(-c2ccccc2Br)c1Cl. The Labute approximate surface area is 107 Å². The largest absolute Gasteiger partial charge is 0.396 e. The van der Waals surface area contributed by atoms with Crippen molar-refractivity contribution in [2.24, 2.45) is 0 Å². The quantitative estimate of drug-likeness (QED) is 0.946. The lowest BCUT2D eigenvalue weighted by Crippen LogP contribution is -1.98. The van der Waals surface area contributed by atoms with E-state index >= 15 is 0 Å². The lowest BCUT2D eigenvalue weighted by Gasteiger charge is -2.05. The monoisotopic (exact) mass is 300 g/mol. The smallest absolute Gasteiger partial charge is 0.136 e. The molecule has 1 aromatic carbocycles. The second kappa shape index (κ2) is 4.99. The number of aliphatic hydroxyl groups excluding tert-OH is 1. The van der Waals surface area contributed by atoms with E-state index in [1.165, 1.54) is 0 Å². The molecule has 0 aliphatic carbocycles. The van der Waals surface area contributed by atoms with Crippen LogP contribution in [-0.2, 0) is 6.42 Å². The number of benzene rings is 1. The fourth-order valence-electron chi connectivity index (χ4n) is 1.45. The molecule has 16 heavy (non-hydrogen) atoms. The van der Waals surface area contributed by atoms with Crippen LogP contribution in [0.5, 0.6) is 0 Å². The Kier molecular flexibility index (Phi) is 3.63. The summed E-state index contributed by atoms with van der Waals surface area (Å²) < 4.78 is 2.58. The van der Waals surface area contributed by atoms with Gasteiger partial charge in [-0.3, -0.25) is 0 Å². The van der Waals surface area contributed by atoms with E-state index < -0.39 is 0 Å². The van der Waals surface area contributed by atoms with E-state index in [9.17, 15) is 0 Å². The molecule has 0 aliphatic heterocycles. The van der Waals surface area contributed by atoms with Gasteiger partial charge in [0.05, 0.1) is 11.9 Å². The molecule has 5 heteroatoms. The van der Waals surface area contributed by atoms with Crippen molar-refractivity contribution in [3.05, 3.63) is 45.7 Å². The molecular weight excluding hydrogens is 291 g/mol. The number of para-hydroxylation sites is 1. The first-order valence-electron chi connectivity index (χ1n) is 4.82. The summed E-state index contributed by atoms with van der Waals surface area (Å²) in [6, 6.07) is 7.70. The summed E-state index contributed by atoms with van der Waals surface area (Å²) in [6.07, 6.45) is 2.20. The molecule has 0 radical (unpaired) electrons. The van der Waals surface area contributed by atoms with Gasteiger partial charge < -0.3 is 5.11 Å². The van der Waals surface area contributed by atoms with Crippen molar-refractivity contribution in [3.8, 4) is 5.69 Å². The molecule has 1 N–H and O–H groups in total. The average molecular weight is 302 g/mol. The van der Waals surface area contributed by atoms with Gasteiger partial charge in [0.1, 0.15) is 5.15 Å². The maximum atomic E-state index is 8.87. The van der Waals surface area contributed by atoms with E-state index in [2.05, 4.69) is 21.0 Å². The molecule has 2 aromatic rings.